The van der Waals surface area contributed by atoms with Gasteiger partial charge in [0.1, 0.15) is 15.7 Å². The molecule has 1 aromatic heterocycles. The van der Waals surface area contributed by atoms with E-state index in [0.29, 0.717) is 46.7 Å². The molecule has 0 bridgehead atoms. The number of nitrogens with one attached hydrogen (secondary N) is 2. The van der Waals surface area contributed by atoms with Crippen molar-refractivity contribution in [2.24, 2.45) is 4.99 Å². The number of rotatable bonds is 7. The van der Waals surface area contributed by atoms with E-state index in [2.05, 4.69) is 20.6 Å². The van der Waals surface area contributed by atoms with Crippen LogP contribution in [0.15, 0.2) is 23.2 Å². The number of nitrogens with zero attached hydrogens (tertiary/aromatic N) is 2. The molecule has 1 atom stereocenters. The molecule has 2 rings (SSSR count). The van der Waals surface area contributed by atoms with Crippen LogP contribution in [0, 0.1) is 12.7 Å². The lowest BCUT2D eigenvalue weighted by molar-refractivity contribution is 0.0531. The lowest BCUT2D eigenvalue weighted by atomic mass is 10.1. The third-order valence-corrected chi connectivity index (χ3v) is 5.62. The number of carbonyl (C=O) groups is 1. The fraction of sp³-hybridized carbons (Fsp3) is 0.421. The molecule has 28 heavy (non-hydrogen) atoms. The van der Waals surface area contributed by atoms with Gasteiger partial charge in [0.2, 0.25) is 0 Å². The predicted octanol–water partition coefficient (Wildman–Crippen LogP) is 3.89. The number of carbonyl (C=O) groups excluding carboxylic acids is 1. The first kappa shape index (κ1) is 22.1. The zero-order valence-electron chi connectivity index (χ0n) is 16.3. The highest BCUT2D eigenvalue weighted by atomic mass is 35.5. The summed E-state index contributed by atoms with van der Waals surface area (Å²) in [6, 6.07) is 4.47. The third kappa shape index (κ3) is 5.65. The Hall–Kier alpha value is -2.19. The van der Waals surface area contributed by atoms with Crippen LogP contribution in [0.5, 0.6) is 0 Å². The monoisotopic (exact) mass is 426 g/mol. The lowest BCUT2D eigenvalue weighted by Crippen LogP contribution is -2.39. The zero-order chi connectivity index (χ0) is 20.7. The molecule has 9 heteroatoms. The van der Waals surface area contributed by atoms with E-state index in [1.807, 2.05) is 6.92 Å². The predicted molar refractivity (Wildman–Crippen MR) is 111 cm³/mol. The van der Waals surface area contributed by atoms with Gasteiger partial charge in [0, 0.05) is 24.2 Å². The summed E-state index contributed by atoms with van der Waals surface area (Å²) in [5.41, 5.74) is 1.11. The van der Waals surface area contributed by atoms with Gasteiger partial charge in [0.15, 0.2) is 5.96 Å². The van der Waals surface area contributed by atoms with Gasteiger partial charge in [-0.15, -0.1) is 11.3 Å². The highest BCUT2D eigenvalue weighted by molar-refractivity contribution is 7.13. The number of thiazole rings is 1. The van der Waals surface area contributed by atoms with Crippen LogP contribution in [0.2, 0.25) is 5.02 Å². The number of aryl methyl sites for hydroxylation is 1. The Kier molecular flexibility index (Phi) is 8.19. The Morgan fingerprint density at radius 3 is 2.86 bits per heavy atom. The van der Waals surface area contributed by atoms with Gasteiger partial charge < -0.3 is 15.4 Å². The maximum Gasteiger partial charge on any atom is 0.350 e. The molecule has 1 heterocycles. The van der Waals surface area contributed by atoms with E-state index in [1.165, 1.54) is 17.4 Å². The number of esters is 1. The van der Waals surface area contributed by atoms with Crippen molar-refractivity contribution in [3.8, 4) is 0 Å². The molecule has 1 unspecified atom stereocenters. The highest BCUT2D eigenvalue weighted by Gasteiger charge is 2.20. The Morgan fingerprint density at radius 1 is 1.46 bits per heavy atom. The molecule has 0 fully saturated rings. The van der Waals surface area contributed by atoms with Gasteiger partial charge in [-0.3, -0.25) is 4.99 Å². The highest BCUT2D eigenvalue weighted by Crippen LogP contribution is 2.24. The van der Waals surface area contributed by atoms with E-state index in [0.717, 1.165) is 5.01 Å². The van der Waals surface area contributed by atoms with Gasteiger partial charge in [-0.2, -0.15) is 0 Å². The van der Waals surface area contributed by atoms with Crippen molar-refractivity contribution in [3.63, 3.8) is 0 Å². The molecular weight excluding hydrogens is 403 g/mol. The number of benzene rings is 1. The van der Waals surface area contributed by atoms with Crippen molar-refractivity contribution in [2.75, 3.05) is 20.2 Å². The van der Waals surface area contributed by atoms with Crippen molar-refractivity contribution in [3.05, 3.63) is 50.2 Å². The lowest BCUT2D eigenvalue weighted by Gasteiger charge is -2.16. The van der Waals surface area contributed by atoms with Crippen molar-refractivity contribution in [1.82, 2.24) is 15.6 Å². The summed E-state index contributed by atoms with van der Waals surface area (Å²) >= 11 is 7.34. The quantitative estimate of drug-likeness (QED) is 0.399. The average molecular weight is 427 g/mol. The van der Waals surface area contributed by atoms with Gasteiger partial charge in [-0.1, -0.05) is 17.7 Å². The largest absolute Gasteiger partial charge is 0.462 e. The van der Waals surface area contributed by atoms with E-state index in [1.54, 1.807) is 33.0 Å². The molecule has 0 saturated carbocycles. The molecule has 0 spiro atoms. The third-order valence-electron chi connectivity index (χ3n) is 3.95. The smallest absolute Gasteiger partial charge is 0.350 e. The first-order valence-corrected chi connectivity index (χ1v) is 10.1. The van der Waals surface area contributed by atoms with Gasteiger partial charge in [-0.25, -0.2) is 14.2 Å². The summed E-state index contributed by atoms with van der Waals surface area (Å²) in [6.45, 7) is 6.25. The molecule has 0 saturated heterocycles. The number of ether oxygens (including phenoxy) is 1. The molecule has 0 aliphatic carbocycles. The maximum absolute atomic E-state index is 13.8. The van der Waals surface area contributed by atoms with E-state index >= 15 is 0 Å². The molecule has 152 valence electrons. The molecule has 2 aromatic rings. The van der Waals surface area contributed by atoms with E-state index in [9.17, 15) is 9.18 Å². The molecule has 0 aliphatic rings. The van der Waals surface area contributed by atoms with Crippen LogP contribution in [0.25, 0.3) is 0 Å². The average Bonchev–Trinajstić information content (AvgIpc) is 3.05. The van der Waals surface area contributed by atoms with Crippen molar-refractivity contribution in [1.29, 1.82) is 0 Å². The molecule has 0 amide bonds. The summed E-state index contributed by atoms with van der Waals surface area (Å²) in [4.78, 5) is 21.1. The van der Waals surface area contributed by atoms with Crippen LogP contribution >= 0.6 is 22.9 Å². The summed E-state index contributed by atoms with van der Waals surface area (Å²) < 4.78 is 18.9. The van der Waals surface area contributed by atoms with Crippen LogP contribution in [0.4, 0.5) is 4.39 Å². The molecule has 0 aliphatic heterocycles. The summed E-state index contributed by atoms with van der Waals surface area (Å²) in [7, 11) is 1.65. The Morgan fingerprint density at radius 2 is 2.21 bits per heavy atom. The van der Waals surface area contributed by atoms with Crippen molar-refractivity contribution in [2.45, 2.75) is 33.2 Å². The number of guanidine groups is 1. The minimum Gasteiger partial charge on any atom is -0.462 e. The molecule has 1 aromatic carbocycles. The Balaban J connectivity index is 1.95. The Labute approximate surface area is 173 Å². The fourth-order valence-corrected chi connectivity index (χ4v) is 3.75. The number of aliphatic imine (C=N–C) groups is 1. The van der Waals surface area contributed by atoms with E-state index < -0.39 is 0 Å². The first-order valence-electron chi connectivity index (χ1n) is 8.91. The number of hydrogen-bond acceptors (Lipinski definition) is 5. The Bertz CT molecular complexity index is 836. The van der Waals surface area contributed by atoms with Crippen molar-refractivity contribution >= 4 is 34.9 Å². The molecule has 6 nitrogen and oxygen atoms in total. The van der Waals surface area contributed by atoms with Gasteiger partial charge >= 0.3 is 5.97 Å². The molecule has 0 radical (unpaired) electrons. The zero-order valence-corrected chi connectivity index (χ0v) is 17.9. The van der Waals surface area contributed by atoms with Crippen LogP contribution in [0.1, 0.15) is 45.8 Å². The topological polar surface area (TPSA) is 75.6 Å². The fourth-order valence-electron chi connectivity index (χ4n) is 2.53. The number of aromatic nitrogens is 1. The SMILES string of the molecule is CCOC(=O)c1sc(C(C)NC(=NC)NCCc2c(F)cccc2Cl)nc1C. The maximum atomic E-state index is 13.8. The van der Waals surface area contributed by atoms with Crippen LogP contribution in [0.3, 0.4) is 0 Å². The van der Waals surface area contributed by atoms with Crippen LogP contribution in [-0.4, -0.2) is 37.1 Å². The minimum atomic E-state index is -0.361. The van der Waals surface area contributed by atoms with Gasteiger partial charge in [-0.05, 0) is 39.3 Å². The van der Waals surface area contributed by atoms with E-state index in [4.69, 9.17) is 16.3 Å². The van der Waals surface area contributed by atoms with Crippen molar-refractivity contribution < 1.29 is 13.9 Å². The standard InChI is InChI=1S/C19H24ClFN4O2S/c1-5-27-18(26)16-11(2)24-17(28-16)12(3)25-19(22-4)23-10-9-13-14(20)7-6-8-15(13)21/h6-8,12H,5,9-10H2,1-4H3,(H2,22,23,25). The van der Waals surface area contributed by atoms with Crippen LogP contribution < -0.4 is 10.6 Å². The molecular formula is C19H24ClFN4O2S. The summed E-state index contributed by atoms with van der Waals surface area (Å²) in [5.74, 6) is -0.138. The van der Waals surface area contributed by atoms with E-state index in [-0.39, 0.29) is 17.8 Å². The first-order chi connectivity index (χ1) is 13.4. The molecule has 2 N–H and O–H groups in total. The van der Waals surface area contributed by atoms with Gasteiger partial charge in [0.25, 0.3) is 0 Å². The van der Waals surface area contributed by atoms with Gasteiger partial charge in [0.05, 0.1) is 18.3 Å². The second-order valence-electron chi connectivity index (χ2n) is 6.00. The summed E-state index contributed by atoms with van der Waals surface area (Å²) in [5, 5.41) is 7.51. The summed E-state index contributed by atoms with van der Waals surface area (Å²) in [6.07, 6.45) is 0.421. The van der Waals surface area contributed by atoms with Crippen LogP contribution in [-0.2, 0) is 11.2 Å². The second kappa shape index (κ2) is 10.4. The number of hydrogen-bond donors (Lipinski definition) is 2. The number of halogens is 2. The minimum absolute atomic E-state index is 0.171. The normalized spacial score (nSPS) is 12.6. The second-order valence-corrected chi connectivity index (χ2v) is 7.44.